The minimum Gasteiger partial charge on any atom is -0.619 e. The Hall–Kier alpha value is -2.51. The van der Waals surface area contributed by atoms with Gasteiger partial charge in [0.05, 0.1) is 6.10 Å². The van der Waals surface area contributed by atoms with Crippen molar-refractivity contribution in [2.75, 3.05) is 32.8 Å². The maximum Gasteiger partial charge on any atom is 0.260 e. The van der Waals surface area contributed by atoms with Crippen molar-refractivity contribution < 1.29 is 18.7 Å². The van der Waals surface area contributed by atoms with E-state index in [4.69, 9.17) is 4.74 Å². The highest BCUT2D eigenvalue weighted by molar-refractivity contribution is 5.93. The molecular formula is C24H30FN3O3. The fourth-order valence-electron chi connectivity index (χ4n) is 4.54. The summed E-state index contributed by atoms with van der Waals surface area (Å²) >= 11 is 0. The van der Waals surface area contributed by atoms with Gasteiger partial charge in [0.1, 0.15) is 11.4 Å². The molecule has 1 aromatic heterocycles. The molecule has 2 aliphatic rings. The highest BCUT2D eigenvalue weighted by atomic mass is 19.1. The van der Waals surface area contributed by atoms with E-state index in [-0.39, 0.29) is 17.8 Å². The minimum atomic E-state index is -0.156. The van der Waals surface area contributed by atoms with Crippen molar-refractivity contribution in [3.63, 3.8) is 0 Å². The van der Waals surface area contributed by atoms with Crippen LogP contribution in [-0.2, 0) is 11.3 Å². The molecule has 0 saturated carbocycles. The Balaban J connectivity index is 1.36. The first-order chi connectivity index (χ1) is 15.1. The van der Waals surface area contributed by atoms with Crippen LogP contribution in [0.1, 0.15) is 41.6 Å². The lowest BCUT2D eigenvalue weighted by molar-refractivity contribution is -0.605. The normalized spacial score (nSPS) is 20.1. The van der Waals surface area contributed by atoms with Gasteiger partial charge in [-0.15, -0.1) is 0 Å². The number of halogens is 1. The van der Waals surface area contributed by atoms with Crippen molar-refractivity contribution in [2.45, 2.75) is 38.3 Å². The predicted molar refractivity (Wildman–Crippen MR) is 115 cm³/mol. The van der Waals surface area contributed by atoms with Crippen LogP contribution in [0.4, 0.5) is 4.39 Å². The van der Waals surface area contributed by atoms with Gasteiger partial charge in [0.2, 0.25) is 0 Å². The van der Waals surface area contributed by atoms with E-state index in [2.05, 4.69) is 4.90 Å². The summed E-state index contributed by atoms with van der Waals surface area (Å²) in [5.41, 5.74) is 1.14. The summed E-state index contributed by atoms with van der Waals surface area (Å²) in [6.45, 7) is 4.33. The first-order valence-electron chi connectivity index (χ1n) is 11.1. The Morgan fingerprint density at radius 1 is 1.16 bits per heavy atom. The van der Waals surface area contributed by atoms with Gasteiger partial charge in [0.15, 0.2) is 12.4 Å². The third-order valence-corrected chi connectivity index (χ3v) is 6.29. The van der Waals surface area contributed by atoms with Crippen molar-refractivity contribution in [3.8, 4) is 0 Å². The van der Waals surface area contributed by atoms with Crippen LogP contribution in [0.15, 0.2) is 48.8 Å². The van der Waals surface area contributed by atoms with Gasteiger partial charge in [-0.1, -0.05) is 18.2 Å². The highest BCUT2D eigenvalue weighted by Gasteiger charge is 2.28. The molecule has 6 nitrogen and oxygen atoms in total. The van der Waals surface area contributed by atoms with Crippen LogP contribution in [0.3, 0.4) is 0 Å². The average Bonchev–Trinajstić information content (AvgIpc) is 3.29. The van der Waals surface area contributed by atoms with E-state index in [1.807, 2.05) is 17.0 Å². The van der Waals surface area contributed by atoms with E-state index in [0.717, 1.165) is 50.9 Å². The van der Waals surface area contributed by atoms with E-state index in [9.17, 15) is 14.4 Å². The van der Waals surface area contributed by atoms with Gasteiger partial charge in [-0.25, -0.2) is 4.39 Å². The van der Waals surface area contributed by atoms with E-state index in [1.165, 1.54) is 18.5 Å². The molecule has 2 aliphatic heterocycles. The maximum absolute atomic E-state index is 14.0. The fraction of sp³-hybridized carbons (Fsp3) is 0.500. The summed E-state index contributed by atoms with van der Waals surface area (Å²) < 4.78 is 20.4. The number of carbonyl (C=O) groups is 1. The van der Waals surface area contributed by atoms with Crippen molar-refractivity contribution >= 4 is 5.91 Å². The molecule has 0 bridgehead atoms. The monoisotopic (exact) mass is 427 g/mol. The van der Waals surface area contributed by atoms with Gasteiger partial charge in [-0.05, 0) is 56.8 Å². The van der Waals surface area contributed by atoms with Crippen molar-refractivity contribution in [2.24, 2.45) is 5.92 Å². The van der Waals surface area contributed by atoms with Crippen LogP contribution in [0.25, 0.3) is 0 Å². The smallest absolute Gasteiger partial charge is 0.260 e. The zero-order chi connectivity index (χ0) is 21.6. The third-order valence-electron chi connectivity index (χ3n) is 6.29. The van der Waals surface area contributed by atoms with Gasteiger partial charge >= 0.3 is 0 Å². The maximum atomic E-state index is 14.0. The molecule has 0 N–H and O–H groups in total. The number of benzene rings is 1. The molecule has 1 unspecified atom stereocenters. The summed E-state index contributed by atoms with van der Waals surface area (Å²) in [5, 5.41) is 11.7. The molecule has 0 spiro atoms. The highest BCUT2D eigenvalue weighted by Crippen LogP contribution is 2.23. The van der Waals surface area contributed by atoms with Crippen molar-refractivity contribution in [3.05, 3.63) is 70.9 Å². The Bertz CT molecular complexity index is 880. The lowest BCUT2D eigenvalue weighted by Gasteiger charge is -2.35. The zero-order valence-corrected chi connectivity index (χ0v) is 17.8. The molecule has 4 rings (SSSR count). The molecule has 1 atom stereocenters. The number of hydrogen-bond acceptors (Lipinski definition) is 4. The third kappa shape index (κ3) is 5.80. The molecule has 7 heteroatoms. The molecule has 2 aromatic rings. The summed E-state index contributed by atoms with van der Waals surface area (Å²) in [4.78, 5) is 17.3. The molecule has 1 amide bonds. The van der Waals surface area contributed by atoms with Crippen LogP contribution < -0.4 is 4.73 Å². The van der Waals surface area contributed by atoms with Gasteiger partial charge < -0.3 is 14.8 Å². The summed E-state index contributed by atoms with van der Waals surface area (Å²) in [6.07, 6.45) is 6.68. The van der Waals surface area contributed by atoms with Gasteiger partial charge in [0.25, 0.3) is 5.91 Å². The Morgan fingerprint density at radius 3 is 2.68 bits per heavy atom. The van der Waals surface area contributed by atoms with Gasteiger partial charge in [0, 0.05) is 37.9 Å². The first kappa shape index (κ1) is 21.7. The minimum absolute atomic E-state index is 0.0631. The van der Waals surface area contributed by atoms with Crippen molar-refractivity contribution in [1.29, 1.82) is 0 Å². The van der Waals surface area contributed by atoms with Crippen LogP contribution in [0.5, 0.6) is 0 Å². The molecule has 2 fully saturated rings. The van der Waals surface area contributed by atoms with E-state index < -0.39 is 0 Å². The number of amides is 1. The Kier molecular flexibility index (Phi) is 7.14. The number of piperidine rings is 1. The molecule has 166 valence electrons. The predicted octanol–water partition coefficient (Wildman–Crippen LogP) is 2.99. The van der Waals surface area contributed by atoms with Crippen molar-refractivity contribution in [1.82, 2.24) is 9.80 Å². The summed E-state index contributed by atoms with van der Waals surface area (Å²) in [6, 6.07) is 10.2. The summed E-state index contributed by atoms with van der Waals surface area (Å²) in [7, 11) is 0. The Labute approximate surface area is 182 Å². The fourth-order valence-corrected chi connectivity index (χ4v) is 4.54. The lowest BCUT2D eigenvalue weighted by Crippen LogP contribution is -2.44. The number of carbonyl (C=O) groups excluding carboxylic acids is 1. The number of aromatic nitrogens is 1. The number of nitrogens with zero attached hydrogens (tertiary/aromatic N) is 3. The second kappa shape index (κ2) is 10.2. The quantitative estimate of drug-likeness (QED) is 0.504. The van der Waals surface area contributed by atoms with Crippen LogP contribution in [-0.4, -0.2) is 54.6 Å². The lowest BCUT2D eigenvalue weighted by atomic mass is 9.95. The molecule has 1 aromatic carbocycles. The zero-order valence-electron chi connectivity index (χ0n) is 17.8. The number of pyridine rings is 1. The van der Waals surface area contributed by atoms with Crippen LogP contribution in [0, 0.1) is 16.9 Å². The van der Waals surface area contributed by atoms with Gasteiger partial charge in [-0.3, -0.25) is 9.69 Å². The largest absolute Gasteiger partial charge is 0.619 e. The number of hydrogen-bond donors (Lipinski definition) is 0. The topological polar surface area (TPSA) is 59.7 Å². The number of likely N-dealkylation sites (tertiary alicyclic amines) is 1. The van der Waals surface area contributed by atoms with Crippen LogP contribution >= 0.6 is 0 Å². The SMILES string of the molecule is O=C(c1ccc[n+]([O-])c1)N(CC1CCN(Cc2ccccc2F)CC1)CC1CCCO1. The second-order valence-corrected chi connectivity index (χ2v) is 8.61. The number of ether oxygens (including phenoxy) is 1. The van der Waals surface area contributed by atoms with E-state index in [0.29, 0.717) is 35.8 Å². The molecule has 3 heterocycles. The molecule has 2 saturated heterocycles. The summed E-state index contributed by atoms with van der Waals surface area (Å²) in [5.74, 6) is 0.108. The standard InChI is InChI=1S/C24H30FN3O3/c25-23-8-2-1-5-20(23)16-26-12-9-19(10-13-26)15-27(18-22-7-4-14-31-22)24(29)21-6-3-11-28(30)17-21/h1-3,5-6,8,11,17,19,22H,4,7,9-10,12-16,18H2. The molecule has 0 aliphatic carbocycles. The average molecular weight is 428 g/mol. The van der Waals surface area contributed by atoms with Gasteiger partial charge in [-0.2, -0.15) is 4.73 Å². The van der Waals surface area contributed by atoms with E-state index in [1.54, 1.807) is 18.2 Å². The Morgan fingerprint density at radius 2 is 1.97 bits per heavy atom. The number of rotatable bonds is 7. The molecule has 31 heavy (non-hydrogen) atoms. The molecular weight excluding hydrogens is 397 g/mol. The second-order valence-electron chi connectivity index (χ2n) is 8.61. The first-order valence-corrected chi connectivity index (χ1v) is 11.1. The molecule has 0 radical (unpaired) electrons. The van der Waals surface area contributed by atoms with E-state index >= 15 is 0 Å². The van der Waals surface area contributed by atoms with Crippen LogP contribution in [0.2, 0.25) is 0 Å².